The predicted molar refractivity (Wildman–Crippen MR) is 76.5 cm³/mol. The van der Waals surface area contributed by atoms with Gasteiger partial charge in [-0.15, -0.1) is 0 Å². The summed E-state index contributed by atoms with van der Waals surface area (Å²) < 4.78 is -3.43. The molecule has 1 radical (unpaired) electrons. The van der Waals surface area contributed by atoms with Crippen molar-refractivity contribution in [2.24, 2.45) is 0 Å². The quantitative estimate of drug-likeness (QED) is 0.595. The molecule has 0 aromatic heterocycles. The van der Waals surface area contributed by atoms with Gasteiger partial charge in [-0.2, -0.15) is 0 Å². The fraction of sp³-hybridized carbons (Fsp3) is 0.167. The second kappa shape index (κ2) is 4.68. The van der Waals surface area contributed by atoms with Crippen molar-refractivity contribution in [1.29, 1.82) is 0 Å². The van der Waals surface area contributed by atoms with Gasteiger partial charge in [-0.3, -0.25) is 0 Å². The van der Waals surface area contributed by atoms with E-state index in [4.69, 9.17) is 58.0 Å². The summed E-state index contributed by atoms with van der Waals surface area (Å²) in [6.07, 6.45) is 0. The van der Waals surface area contributed by atoms with Crippen molar-refractivity contribution < 1.29 is 0 Å². The van der Waals surface area contributed by atoms with E-state index in [0.29, 0.717) is 5.56 Å². The fourth-order valence-electron chi connectivity index (χ4n) is 1.46. The van der Waals surface area contributed by atoms with E-state index in [-0.39, 0.29) is 0 Å². The summed E-state index contributed by atoms with van der Waals surface area (Å²) in [6.45, 7) is 0. The number of benzene rings is 2. The molecule has 0 aliphatic rings. The normalized spacial score (nSPS) is 13.0. The van der Waals surface area contributed by atoms with Crippen LogP contribution in [0.2, 0.25) is 0 Å². The lowest BCUT2D eigenvalue weighted by Gasteiger charge is -2.27. The average molecular weight is 327 g/mol. The molecular formula is C12H6Cl5. The Balaban J connectivity index is 2.57. The average Bonchev–Trinajstić information content (AvgIpc) is 2.27. The van der Waals surface area contributed by atoms with Crippen LogP contribution < -0.4 is 0 Å². The summed E-state index contributed by atoms with van der Waals surface area (Å²) >= 11 is 29.5. The molecule has 0 nitrogen and oxygen atoms in total. The molecule has 2 rings (SSSR count). The molecule has 0 spiro atoms. The minimum atomic E-state index is -1.81. The van der Waals surface area contributed by atoms with Crippen molar-refractivity contribution in [3.63, 3.8) is 0 Å². The van der Waals surface area contributed by atoms with Gasteiger partial charge in [-0.25, -0.2) is 0 Å². The molecule has 0 saturated carbocycles. The molecule has 17 heavy (non-hydrogen) atoms. The third kappa shape index (κ3) is 2.62. The van der Waals surface area contributed by atoms with E-state index in [0.717, 1.165) is 10.8 Å². The molecule has 0 heterocycles. The molecule has 2 aromatic carbocycles. The van der Waals surface area contributed by atoms with E-state index >= 15 is 0 Å². The smallest absolute Gasteiger partial charge is 0.0915 e. The molecule has 5 heteroatoms. The first-order chi connectivity index (χ1) is 7.82. The monoisotopic (exact) mass is 325 g/mol. The fourth-order valence-corrected chi connectivity index (χ4v) is 2.01. The first kappa shape index (κ1) is 13.6. The van der Waals surface area contributed by atoms with Crippen molar-refractivity contribution in [2.75, 3.05) is 0 Å². The van der Waals surface area contributed by atoms with Gasteiger partial charge in [0.25, 0.3) is 0 Å². The van der Waals surface area contributed by atoms with Gasteiger partial charge in [0.05, 0.1) is 0 Å². The van der Waals surface area contributed by atoms with E-state index in [1.54, 1.807) is 12.1 Å². The van der Waals surface area contributed by atoms with Crippen LogP contribution in [-0.2, 0) is 4.33 Å². The van der Waals surface area contributed by atoms with Gasteiger partial charge in [0.2, 0.25) is 3.79 Å². The summed E-state index contributed by atoms with van der Waals surface area (Å²) in [5, 5.41) is 1.88. The zero-order valence-corrected chi connectivity index (χ0v) is 12.1. The summed E-state index contributed by atoms with van der Waals surface area (Å²) in [6, 6.07) is 14.1. The van der Waals surface area contributed by atoms with Crippen molar-refractivity contribution >= 4 is 68.8 Å². The maximum absolute atomic E-state index is 6.09. The van der Waals surface area contributed by atoms with Gasteiger partial charge in [0.1, 0.15) is 0 Å². The topological polar surface area (TPSA) is 0 Å². The first-order valence-electron chi connectivity index (χ1n) is 4.68. The lowest BCUT2D eigenvalue weighted by Crippen LogP contribution is -2.28. The lowest BCUT2D eigenvalue weighted by molar-refractivity contribution is 0.879. The Hall–Kier alpha value is 0.150. The number of fused-ring (bicyclic) bond motifs is 1. The van der Waals surface area contributed by atoms with Gasteiger partial charge >= 0.3 is 0 Å². The zero-order chi connectivity index (χ0) is 12.7. The van der Waals surface area contributed by atoms with Gasteiger partial charge in [-0.1, -0.05) is 82.3 Å². The molecule has 0 unspecified atom stereocenters. The minimum absolute atomic E-state index is 0.500. The number of rotatable bonds is 1. The molecule has 0 aliphatic heterocycles. The van der Waals surface area contributed by atoms with Gasteiger partial charge in [0.15, 0.2) is 4.33 Å². The van der Waals surface area contributed by atoms with Crippen LogP contribution in [0.1, 0.15) is 5.56 Å². The molecule has 0 bridgehead atoms. The van der Waals surface area contributed by atoms with Crippen molar-refractivity contribution in [2.45, 2.75) is 8.13 Å². The third-order valence-corrected chi connectivity index (χ3v) is 4.81. The highest BCUT2D eigenvalue weighted by molar-refractivity contribution is 6.75. The van der Waals surface area contributed by atoms with Crippen LogP contribution in [0.5, 0.6) is 0 Å². The Labute approximate surface area is 124 Å². The van der Waals surface area contributed by atoms with Crippen LogP contribution in [0, 0.1) is 6.07 Å². The van der Waals surface area contributed by atoms with Gasteiger partial charge in [0, 0.05) is 0 Å². The number of hydrogen-bond acceptors (Lipinski definition) is 0. The Morgan fingerprint density at radius 2 is 1.59 bits per heavy atom. The molecule has 0 saturated heterocycles. The number of hydrogen-bond donors (Lipinski definition) is 0. The van der Waals surface area contributed by atoms with Crippen LogP contribution in [-0.4, -0.2) is 3.79 Å². The van der Waals surface area contributed by atoms with E-state index in [1.807, 2.05) is 24.3 Å². The maximum Gasteiger partial charge on any atom is 0.227 e. The highest BCUT2D eigenvalue weighted by Crippen LogP contribution is 2.53. The molecule has 0 aliphatic carbocycles. The highest BCUT2D eigenvalue weighted by atomic mass is 35.6. The molecule has 0 amide bonds. The molecule has 89 valence electrons. The van der Waals surface area contributed by atoms with Crippen molar-refractivity contribution in [3.05, 3.63) is 48.0 Å². The second-order valence-corrected chi connectivity index (χ2v) is 7.16. The number of alkyl halides is 5. The molecule has 0 fully saturated rings. The van der Waals surface area contributed by atoms with Crippen LogP contribution in [0.4, 0.5) is 0 Å². The Kier molecular flexibility index (Phi) is 3.74. The standard InChI is InChI=1S/C12H6Cl5/c13-11(14,12(15,16)17)10-6-5-8-3-1-2-4-9(8)7-10/h1-4,6-7H. The van der Waals surface area contributed by atoms with Crippen LogP contribution >= 0.6 is 58.0 Å². The lowest BCUT2D eigenvalue weighted by atomic mass is 10.1. The molecular weight excluding hydrogens is 321 g/mol. The predicted octanol–water partition coefficient (Wildman–Crippen LogP) is 5.64. The molecule has 2 aromatic rings. The molecule has 0 N–H and O–H groups in total. The molecule has 0 atom stereocenters. The van der Waals surface area contributed by atoms with Crippen LogP contribution in [0.3, 0.4) is 0 Å². The van der Waals surface area contributed by atoms with E-state index in [9.17, 15) is 0 Å². The van der Waals surface area contributed by atoms with Gasteiger partial charge < -0.3 is 0 Å². The Morgan fingerprint density at radius 1 is 0.941 bits per heavy atom. The second-order valence-electron chi connectivity index (χ2n) is 3.55. The van der Waals surface area contributed by atoms with E-state index < -0.39 is 8.13 Å². The van der Waals surface area contributed by atoms with E-state index in [2.05, 4.69) is 6.07 Å². The largest absolute Gasteiger partial charge is 0.227 e. The van der Waals surface area contributed by atoms with Crippen molar-refractivity contribution in [1.82, 2.24) is 0 Å². The zero-order valence-electron chi connectivity index (χ0n) is 8.35. The van der Waals surface area contributed by atoms with E-state index in [1.165, 1.54) is 0 Å². The van der Waals surface area contributed by atoms with Crippen LogP contribution in [0.25, 0.3) is 10.8 Å². The maximum atomic E-state index is 6.09. The Bertz CT molecular complexity index is 542. The number of halogens is 5. The van der Waals surface area contributed by atoms with Crippen molar-refractivity contribution in [3.8, 4) is 0 Å². The minimum Gasteiger partial charge on any atom is -0.0915 e. The highest BCUT2D eigenvalue weighted by Gasteiger charge is 2.47. The summed E-state index contributed by atoms with van der Waals surface area (Å²) in [4.78, 5) is 0. The summed E-state index contributed by atoms with van der Waals surface area (Å²) in [5.41, 5.74) is 0.500. The first-order valence-corrected chi connectivity index (χ1v) is 6.57. The summed E-state index contributed by atoms with van der Waals surface area (Å²) in [7, 11) is 0. The van der Waals surface area contributed by atoms with Crippen LogP contribution in [0.15, 0.2) is 36.4 Å². The third-order valence-electron chi connectivity index (χ3n) is 2.37. The summed E-state index contributed by atoms with van der Waals surface area (Å²) in [5.74, 6) is 0. The SMILES string of the molecule is ClC(Cl)(Cl)C(Cl)(Cl)c1c[c]c2ccccc2c1. The van der Waals surface area contributed by atoms with Gasteiger partial charge in [-0.05, 0) is 34.5 Å². The Morgan fingerprint density at radius 3 is 2.24 bits per heavy atom.